The molecule has 34 heavy (non-hydrogen) atoms. The van der Waals surface area contributed by atoms with Gasteiger partial charge in [0.2, 0.25) is 0 Å². The van der Waals surface area contributed by atoms with Crippen LogP contribution in [0.5, 0.6) is 5.75 Å². The fraction of sp³-hybridized carbons (Fsp3) is 0.100. The first kappa shape index (κ1) is 22.9. The first-order valence-corrected chi connectivity index (χ1v) is 11.0. The summed E-state index contributed by atoms with van der Waals surface area (Å²) in [6.45, 7) is -1.07. The summed E-state index contributed by atoms with van der Waals surface area (Å²) in [5.41, 5.74) is 2.41. The molecule has 1 aliphatic heterocycles. The minimum absolute atomic E-state index is 0.0358. The normalized spacial score (nSPS) is 13.2. The summed E-state index contributed by atoms with van der Waals surface area (Å²) >= 11 is 0. The van der Waals surface area contributed by atoms with Crippen molar-refractivity contribution in [2.75, 3.05) is 18.1 Å². The molecule has 0 unspecified atom stereocenters. The quantitative estimate of drug-likeness (QED) is 0.403. The number of aliphatic carboxylic acids is 1. The van der Waals surface area contributed by atoms with Crippen molar-refractivity contribution in [1.29, 1.82) is 0 Å². The van der Waals surface area contributed by atoms with Gasteiger partial charge in [-0.3, -0.25) is 29.3 Å². The number of hydrogen-bond donors (Lipinski definition) is 3. The maximum Gasteiger partial charge on any atom is 0.323 e. The fourth-order valence-corrected chi connectivity index (χ4v) is 4.02. The molecule has 1 aromatic heterocycles. The number of hydrogen-bond acceptors (Lipinski definition) is 7. The number of fused-ring (bicyclic) bond motifs is 1. The molecule has 14 heteroatoms. The smallest absolute Gasteiger partial charge is 0.323 e. The van der Waals surface area contributed by atoms with Crippen LogP contribution in [-0.4, -0.2) is 54.0 Å². The molecule has 2 amide bonds. The highest BCUT2D eigenvalue weighted by molar-refractivity contribution is 7.89. The Morgan fingerprint density at radius 3 is 2.62 bits per heavy atom. The Bertz CT molecular complexity index is 1390. The number of aromatic nitrogens is 2. The van der Waals surface area contributed by atoms with E-state index in [2.05, 4.69) is 10.4 Å². The van der Waals surface area contributed by atoms with Crippen LogP contribution in [0.1, 0.15) is 10.5 Å². The van der Waals surface area contributed by atoms with Crippen molar-refractivity contribution in [2.45, 2.75) is 4.90 Å². The van der Waals surface area contributed by atoms with Gasteiger partial charge in [0, 0.05) is 5.69 Å². The molecular formula is C20H16FN5O7S. The van der Waals surface area contributed by atoms with Gasteiger partial charge in [-0.25, -0.2) is 17.8 Å². The van der Waals surface area contributed by atoms with E-state index in [1.165, 1.54) is 53.5 Å². The van der Waals surface area contributed by atoms with Gasteiger partial charge in [0.05, 0.1) is 23.1 Å². The fourth-order valence-electron chi connectivity index (χ4n) is 3.16. The number of imidazole rings is 1. The van der Waals surface area contributed by atoms with Gasteiger partial charge in [0.25, 0.3) is 21.8 Å². The molecule has 0 saturated carbocycles. The predicted octanol–water partition coefficient (Wildman–Crippen LogP) is 0.445. The number of carboxylic acid groups (broad SMARTS) is 1. The number of hydrazine groups is 1. The molecule has 12 nitrogen and oxygen atoms in total. The second-order valence-electron chi connectivity index (χ2n) is 6.98. The zero-order valence-electron chi connectivity index (χ0n) is 17.1. The lowest BCUT2D eigenvalue weighted by Crippen LogP contribution is -2.43. The molecule has 0 aliphatic carbocycles. The van der Waals surface area contributed by atoms with E-state index < -0.39 is 40.2 Å². The minimum Gasteiger partial charge on any atom is -0.482 e. The van der Waals surface area contributed by atoms with E-state index in [9.17, 15) is 27.2 Å². The molecule has 0 fully saturated rings. The molecule has 0 saturated heterocycles. The van der Waals surface area contributed by atoms with E-state index in [1.54, 1.807) is 0 Å². The number of carboxylic acids is 1. The molecule has 1 aliphatic rings. The summed E-state index contributed by atoms with van der Waals surface area (Å²) in [7, 11) is -4.33. The van der Waals surface area contributed by atoms with Crippen LogP contribution in [0.15, 0.2) is 59.9 Å². The maximum atomic E-state index is 13.2. The summed E-state index contributed by atoms with van der Waals surface area (Å²) < 4.78 is 45.2. The summed E-state index contributed by atoms with van der Waals surface area (Å²) in [6.07, 6.45) is 2.49. The molecule has 0 radical (unpaired) electrons. The predicted molar refractivity (Wildman–Crippen MR) is 113 cm³/mol. The summed E-state index contributed by atoms with van der Waals surface area (Å²) in [6, 6.07) is 8.72. The third kappa shape index (κ3) is 4.57. The zero-order chi connectivity index (χ0) is 24.5. The first-order chi connectivity index (χ1) is 16.2. The largest absolute Gasteiger partial charge is 0.482 e. The molecular weight excluding hydrogens is 473 g/mol. The monoisotopic (exact) mass is 489 g/mol. The third-order valence-electron chi connectivity index (χ3n) is 4.75. The van der Waals surface area contributed by atoms with Crippen LogP contribution in [-0.2, 0) is 19.6 Å². The highest BCUT2D eigenvalue weighted by Crippen LogP contribution is 2.34. The number of nitrogens with one attached hydrogen (secondary N) is 2. The van der Waals surface area contributed by atoms with E-state index in [-0.39, 0.29) is 28.6 Å². The minimum atomic E-state index is -4.33. The van der Waals surface area contributed by atoms with Crippen LogP contribution in [0.25, 0.3) is 5.69 Å². The zero-order valence-corrected chi connectivity index (χ0v) is 18.0. The highest BCUT2D eigenvalue weighted by Gasteiger charge is 2.29. The number of carbonyl (C=O) groups excluding carboxylic acids is 2. The van der Waals surface area contributed by atoms with Gasteiger partial charge < -0.3 is 9.84 Å². The van der Waals surface area contributed by atoms with Gasteiger partial charge in [-0.2, -0.15) is 0 Å². The van der Waals surface area contributed by atoms with Crippen molar-refractivity contribution in [3.63, 3.8) is 0 Å². The summed E-state index contributed by atoms with van der Waals surface area (Å²) in [5, 5.41) is 9.05. The molecule has 0 spiro atoms. The number of anilines is 1. The number of carbonyl (C=O) groups is 3. The number of benzene rings is 2. The second-order valence-corrected chi connectivity index (χ2v) is 8.66. The summed E-state index contributed by atoms with van der Waals surface area (Å²) in [4.78, 5) is 42.1. The van der Waals surface area contributed by atoms with Gasteiger partial charge in [-0.1, -0.05) is 0 Å². The number of halogens is 1. The lowest BCUT2D eigenvalue weighted by Gasteiger charge is -2.28. The van der Waals surface area contributed by atoms with E-state index in [0.717, 1.165) is 11.0 Å². The van der Waals surface area contributed by atoms with E-state index in [4.69, 9.17) is 9.84 Å². The van der Waals surface area contributed by atoms with Crippen LogP contribution in [0, 0.1) is 5.82 Å². The van der Waals surface area contributed by atoms with Gasteiger partial charge in [-0.15, -0.1) is 4.83 Å². The van der Waals surface area contributed by atoms with Crippen LogP contribution < -0.4 is 19.9 Å². The van der Waals surface area contributed by atoms with Crippen molar-refractivity contribution in [2.24, 2.45) is 0 Å². The molecule has 2 heterocycles. The van der Waals surface area contributed by atoms with Crippen LogP contribution in [0.3, 0.4) is 0 Å². The molecule has 3 N–H and O–H groups in total. The van der Waals surface area contributed by atoms with Crippen molar-refractivity contribution in [3.8, 4) is 11.4 Å². The highest BCUT2D eigenvalue weighted by atomic mass is 32.2. The Kier molecular flexibility index (Phi) is 6.00. The Morgan fingerprint density at radius 1 is 1.18 bits per heavy atom. The van der Waals surface area contributed by atoms with Crippen molar-refractivity contribution >= 4 is 33.5 Å². The Balaban J connectivity index is 1.54. The van der Waals surface area contributed by atoms with Gasteiger partial charge in [-0.05, 0) is 42.5 Å². The van der Waals surface area contributed by atoms with Crippen molar-refractivity contribution < 1.29 is 37.0 Å². The standard InChI is InChI=1S/C20H16FN5O7S/c21-12-1-3-13(4-2-12)26-11-22-8-16(26)20(30)23-24-34(31,32)14-5-6-17-15(7-14)25(9-19(28)29)18(27)10-33-17/h1-8,11,24H,9-10H2,(H,23,30)(H,28,29). The van der Waals surface area contributed by atoms with Crippen LogP contribution >= 0.6 is 0 Å². The van der Waals surface area contributed by atoms with Crippen molar-refractivity contribution in [3.05, 3.63) is 66.5 Å². The SMILES string of the molecule is O=C(O)CN1C(=O)COc2ccc(S(=O)(=O)NNC(=O)c3cncn3-c3ccc(F)cc3)cc21. The average molecular weight is 489 g/mol. The molecule has 0 bridgehead atoms. The Labute approximate surface area is 191 Å². The van der Waals surface area contributed by atoms with Crippen LogP contribution in [0.2, 0.25) is 0 Å². The topological polar surface area (TPSA) is 160 Å². The molecule has 3 aromatic rings. The number of amides is 2. The number of rotatable bonds is 7. The van der Waals surface area contributed by atoms with Crippen molar-refractivity contribution in [1.82, 2.24) is 19.8 Å². The number of nitrogens with zero attached hydrogens (tertiary/aromatic N) is 3. The van der Waals surface area contributed by atoms with Gasteiger partial charge in [0.15, 0.2) is 6.61 Å². The van der Waals surface area contributed by atoms with Crippen LogP contribution in [0.4, 0.5) is 10.1 Å². The van der Waals surface area contributed by atoms with E-state index in [1.807, 2.05) is 4.83 Å². The first-order valence-electron chi connectivity index (χ1n) is 9.55. The average Bonchev–Trinajstić information content (AvgIpc) is 3.29. The van der Waals surface area contributed by atoms with E-state index >= 15 is 0 Å². The third-order valence-corrected chi connectivity index (χ3v) is 6.00. The molecule has 2 aromatic carbocycles. The number of sulfonamides is 1. The van der Waals surface area contributed by atoms with Gasteiger partial charge in [0.1, 0.15) is 23.8 Å². The lowest BCUT2D eigenvalue weighted by atomic mass is 10.2. The molecule has 4 rings (SSSR count). The Morgan fingerprint density at radius 2 is 1.91 bits per heavy atom. The summed E-state index contributed by atoms with van der Waals surface area (Å²) in [5.74, 6) is -3.14. The van der Waals surface area contributed by atoms with E-state index in [0.29, 0.717) is 5.69 Å². The van der Waals surface area contributed by atoms with Gasteiger partial charge >= 0.3 is 5.97 Å². The molecule has 0 atom stereocenters. The maximum absolute atomic E-state index is 13.2. The number of ether oxygens (including phenoxy) is 1. The lowest BCUT2D eigenvalue weighted by molar-refractivity contribution is -0.137. The Hall–Kier alpha value is -4.30. The second kappa shape index (κ2) is 8.92. The molecule has 176 valence electrons.